The van der Waals surface area contributed by atoms with Crippen molar-refractivity contribution in [3.63, 3.8) is 0 Å². The molecule has 0 bridgehead atoms. The van der Waals surface area contributed by atoms with Crippen LogP contribution in [-0.2, 0) is 10.1 Å². The van der Waals surface area contributed by atoms with Gasteiger partial charge in [0.2, 0.25) is 5.95 Å². The van der Waals surface area contributed by atoms with E-state index in [0.717, 1.165) is 6.20 Å². The van der Waals surface area contributed by atoms with Gasteiger partial charge < -0.3 is 5.32 Å². The van der Waals surface area contributed by atoms with Gasteiger partial charge in [-0.25, -0.2) is 4.98 Å². The molecule has 0 saturated heterocycles. The maximum absolute atomic E-state index is 13.5. The minimum atomic E-state index is -4.30. The van der Waals surface area contributed by atoms with Gasteiger partial charge in [0.15, 0.2) is 0 Å². The van der Waals surface area contributed by atoms with Gasteiger partial charge in [-0.15, -0.1) is 0 Å². The van der Waals surface area contributed by atoms with Crippen LogP contribution in [0.25, 0.3) is 12.3 Å². The third kappa shape index (κ3) is 3.17. The number of aromatic nitrogens is 2. The van der Waals surface area contributed by atoms with Crippen molar-refractivity contribution in [2.24, 2.45) is 0 Å². The molecule has 1 aromatic heterocycles. The van der Waals surface area contributed by atoms with Crippen molar-refractivity contribution in [1.82, 2.24) is 9.97 Å². The number of allylic oxidation sites excluding steroid dienone is 1. The second-order valence-corrected chi connectivity index (χ2v) is 6.51. The molecular weight excluding hydrogens is 340 g/mol. The average Bonchev–Trinajstić information content (AvgIpc) is 2.52. The van der Waals surface area contributed by atoms with Crippen molar-refractivity contribution in [3.05, 3.63) is 64.6 Å². The minimum Gasteiger partial charge on any atom is -0.356 e. The summed E-state index contributed by atoms with van der Waals surface area (Å²) >= 11 is 0. The lowest BCUT2D eigenvalue weighted by atomic mass is 10.0. The van der Waals surface area contributed by atoms with Crippen molar-refractivity contribution in [2.45, 2.75) is 5.25 Å². The smallest absolute Gasteiger partial charge is 0.311 e. The van der Waals surface area contributed by atoms with Crippen molar-refractivity contribution < 1.29 is 21.8 Å². The van der Waals surface area contributed by atoms with Crippen LogP contribution in [0.2, 0.25) is 0 Å². The van der Waals surface area contributed by atoms with Crippen molar-refractivity contribution >= 4 is 28.1 Å². The summed E-state index contributed by atoms with van der Waals surface area (Å²) < 4.78 is 58.5. The van der Waals surface area contributed by atoms with E-state index in [2.05, 4.69) is 15.3 Å². The van der Waals surface area contributed by atoms with Crippen LogP contribution >= 0.6 is 0 Å². The Kier molecular flexibility index (Phi) is 4.12. The fraction of sp³-hybridized carbons (Fsp3) is 0.0667. The predicted molar refractivity (Wildman–Crippen MR) is 83.6 cm³/mol. The van der Waals surface area contributed by atoms with Crippen molar-refractivity contribution in [3.8, 4) is 0 Å². The molecule has 1 aliphatic rings. The Morgan fingerprint density at radius 2 is 2.08 bits per heavy atom. The molecule has 1 atom stereocenters. The Morgan fingerprint density at radius 3 is 2.79 bits per heavy atom. The standard InChI is InChI=1S/C15H11F2N3O3S/c16-14-12(8-19-15(17)20-14)18-7-9-3-1-5-11-10(9)4-2-6-13(11)24(21,22)23/h1-8,13,18H,(H,21,22,23). The predicted octanol–water partition coefficient (Wildman–Crippen LogP) is 0.884. The zero-order valence-corrected chi connectivity index (χ0v) is 12.8. The molecule has 0 radical (unpaired) electrons. The van der Waals surface area contributed by atoms with Gasteiger partial charge in [0.05, 0.1) is 6.20 Å². The highest BCUT2D eigenvalue weighted by atomic mass is 32.2. The molecule has 24 heavy (non-hydrogen) atoms. The molecule has 1 aliphatic carbocycles. The summed E-state index contributed by atoms with van der Waals surface area (Å²) in [5.74, 6) is -1.05. The van der Waals surface area contributed by atoms with Gasteiger partial charge in [-0.05, 0) is 16.0 Å². The minimum absolute atomic E-state index is 0.133. The van der Waals surface area contributed by atoms with Crippen LogP contribution in [0.5, 0.6) is 0 Å². The van der Waals surface area contributed by atoms with E-state index in [1.807, 2.05) is 0 Å². The number of rotatable bonds is 3. The molecule has 3 rings (SSSR count). The average molecular weight is 351 g/mol. The number of nitrogens with zero attached hydrogens (tertiary/aromatic N) is 2. The van der Waals surface area contributed by atoms with Crippen molar-refractivity contribution in [1.29, 1.82) is 0 Å². The van der Waals surface area contributed by atoms with E-state index in [0.29, 0.717) is 16.0 Å². The number of benzene rings is 1. The first-order valence-electron chi connectivity index (χ1n) is 6.75. The molecule has 124 valence electrons. The van der Waals surface area contributed by atoms with Gasteiger partial charge in [0, 0.05) is 6.20 Å². The number of halogens is 2. The van der Waals surface area contributed by atoms with E-state index in [-0.39, 0.29) is 5.69 Å². The third-order valence-corrected chi connectivity index (χ3v) is 4.50. The Labute approximate surface area is 135 Å². The van der Waals surface area contributed by atoms with E-state index in [9.17, 15) is 21.8 Å². The highest BCUT2D eigenvalue weighted by Crippen LogP contribution is 2.21. The normalized spacial score (nSPS) is 17.3. The molecule has 9 heteroatoms. The first kappa shape index (κ1) is 16.2. The lowest BCUT2D eigenvalue weighted by molar-refractivity contribution is 0.476. The molecule has 2 N–H and O–H groups in total. The summed E-state index contributed by atoms with van der Waals surface area (Å²) in [6.07, 6.45) is 5.73. The van der Waals surface area contributed by atoms with Crippen LogP contribution in [0.15, 0.2) is 36.5 Å². The molecule has 6 nitrogen and oxygen atoms in total. The van der Waals surface area contributed by atoms with Crippen LogP contribution in [0.4, 0.5) is 14.5 Å². The number of fused-ring (bicyclic) bond motifs is 1. The zero-order valence-electron chi connectivity index (χ0n) is 12.0. The molecule has 1 unspecified atom stereocenters. The Hall–Kier alpha value is -2.65. The lowest BCUT2D eigenvalue weighted by Gasteiger charge is -2.14. The number of hydrogen-bond acceptors (Lipinski definition) is 5. The van der Waals surface area contributed by atoms with Crippen LogP contribution < -0.4 is 15.8 Å². The molecule has 0 spiro atoms. The summed E-state index contributed by atoms with van der Waals surface area (Å²) in [5.41, 5.74) is 0.262. The van der Waals surface area contributed by atoms with Gasteiger partial charge in [0.1, 0.15) is 10.9 Å². The summed E-state index contributed by atoms with van der Waals surface area (Å²) in [4.78, 5) is 6.21. The number of nitrogens with one attached hydrogen (secondary N) is 1. The van der Waals surface area contributed by atoms with Gasteiger partial charge in [-0.3, -0.25) is 4.55 Å². The highest BCUT2D eigenvalue weighted by Gasteiger charge is 2.24. The van der Waals surface area contributed by atoms with Gasteiger partial charge >= 0.3 is 6.08 Å². The first-order valence-corrected chi connectivity index (χ1v) is 8.25. The fourth-order valence-corrected chi connectivity index (χ4v) is 3.19. The fourth-order valence-electron chi connectivity index (χ4n) is 2.38. The molecule has 0 amide bonds. The van der Waals surface area contributed by atoms with Crippen LogP contribution in [0, 0.1) is 12.0 Å². The highest BCUT2D eigenvalue weighted by molar-refractivity contribution is 7.86. The summed E-state index contributed by atoms with van der Waals surface area (Å²) in [6, 6.07) is 4.85. The zero-order chi connectivity index (χ0) is 17.3. The topological polar surface area (TPSA) is 92.2 Å². The van der Waals surface area contributed by atoms with Crippen LogP contribution in [0.1, 0.15) is 10.8 Å². The van der Waals surface area contributed by atoms with Gasteiger partial charge in [-0.2, -0.15) is 22.2 Å². The SMILES string of the molecule is O=S(=O)(O)C1C=CC=c2c1cccc2=CNc1cnc(F)nc1F. The Balaban J connectivity index is 2.07. The molecule has 0 aliphatic heterocycles. The quantitative estimate of drug-likeness (QED) is 0.485. The van der Waals surface area contributed by atoms with Crippen LogP contribution in [-0.4, -0.2) is 22.9 Å². The Bertz CT molecular complexity index is 1050. The summed E-state index contributed by atoms with van der Waals surface area (Å²) in [7, 11) is -4.30. The lowest BCUT2D eigenvalue weighted by Crippen LogP contribution is -2.33. The van der Waals surface area contributed by atoms with Gasteiger partial charge in [0.25, 0.3) is 10.1 Å². The molecule has 1 aromatic carbocycles. The molecular formula is C15H11F2N3O3S. The van der Waals surface area contributed by atoms with E-state index in [1.165, 1.54) is 18.4 Å². The summed E-state index contributed by atoms with van der Waals surface area (Å²) in [5, 5.41) is 2.55. The van der Waals surface area contributed by atoms with E-state index in [4.69, 9.17) is 0 Å². The van der Waals surface area contributed by atoms with E-state index < -0.39 is 27.4 Å². The third-order valence-electron chi connectivity index (χ3n) is 3.45. The molecule has 1 heterocycles. The maximum atomic E-state index is 13.5. The number of hydrogen-bond donors (Lipinski definition) is 2. The second-order valence-electron chi connectivity index (χ2n) is 4.97. The second kappa shape index (κ2) is 6.10. The monoisotopic (exact) mass is 351 g/mol. The van der Waals surface area contributed by atoms with Crippen LogP contribution in [0.3, 0.4) is 0 Å². The van der Waals surface area contributed by atoms with Gasteiger partial charge in [-0.1, -0.05) is 36.4 Å². The van der Waals surface area contributed by atoms with E-state index in [1.54, 1.807) is 24.3 Å². The maximum Gasteiger partial charge on any atom is 0.311 e. The van der Waals surface area contributed by atoms with E-state index >= 15 is 0 Å². The molecule has 2 aromatic rings. The Morgan fingerprint density at radius 1 is 1.29 bits per heavy atom. The van der Waals surface area contributed by atoms with Crippen molar-refractivity contribution in [2.75, 3.05) is 5.32 Å². The summed E-state index contributed by atoms with van der Waals surface area (Å²) in [6.45, 7) is 0. The largest absolute Gasteiger partial charge is 0.356 e. The molecule has 0 saturated carbocycles. The first-order chi connectivity index (χ1) is 11.4. The molecule has 0 fully saturated rings. The number of anilines is 1.